The van der Waals surface area contributed by atoms with Gasteiger partial charge in [0.2, 0.25) is 0 Å². The number of hydrogen-bond donors (Lipinski definition) is 1. The van der Waals surface area contributed by atoms with Crippen LogP contribution in [0, 0.1) is 5.92 Å². The quantitative estimate of drug-likeness (QED) is 0.859. The predicted molar refractivity (Wildman–Crippen MR) is 86.0 cm³/mol. The molecule has 0 aliphatic carbocycles. The number of nitrogens with zero attached hydrogens (tertiary/aromatic N) is 2. The fourth-order valence-corrected chi connectivity index (χ4v) is 4.52. The molecule has 19 heavy (non-hydrogen) atoms. The van der Waals surface area contributed by atoms with Crippen molar-refractivity contribution in [2.24, 2.45) is 10.9 Å². The van der Waals surface area contributed by atoms with Crippen molar-refractivity contribution in [2.45, 2.75) is 63.8 Å². The van der Waals surface area contributed by atoms with E-state index in [1.807, 2.05) is 11.8 Å². The van der Waals surface area contributed by atoms with E-state index in [4.69, 9.17) is 4.99 Å². The van der Waals surface area contributed by atoms with Crippen molar-refractivity contribution >= 4 is 16.9 Å². The van der Waals surface area contributed by atoms with Gasteiger partial charge < -0.3 is 10.2 Å². The third kappa shape index (κ3) is 3.88. The second kappa shape index (κ2) is 6.98. The number of nitrogens with one attached hydrogen (secondary N) is 1. The number of piperidine rings is 1. The predicted octanol–water partition coefficient (Wildman–Crippen LogP) is 2.97. The van der Waals surface area contributed by atoms with E-state index in [-0.39, 0.29) is 0 Å². The molecule has 2 heterocycles. The molecule has 2 aliphatic rings. The van der Waals surface area contributed by atoms with Gasteiger partial charge in [-0.25, -0.2) is 0 Å². The third-order valence-corrected chi connectivity index (χ3v) is 6.10. The first-order valence-electron chi connectivity index (χ1n) is 7.81. The summed E-state index contributed by atoms with van der Waals surface area (Å²) in [5, 5.41) is 5.60. The lowest BCUT2D eigenvalue weighted by Gasteiger charge is -2.35. The van der Waals surface area contributed by atoms with Crippen LogP contribution in [0.1, 0.15) is 46.5 Å². The fourth-order valence-electron chi connectivity index (χ4n) is 3.13. The monoisotopic (exact) mass is 283 g/mol. The first kappa shape index (κ1) is 15.2. The van der Waals surface area contributed by atoms with E-state index in [1.165, 1.54) is 37.4 Å². The summed E-state index contributed by atoms with van der Waals surface area (Å²) in [5.41, 5.74) is 0. The molecule has 1 saturated heterocycles. The lowest BCUT2D eigenvalue weighted by Crippen LogP contribution is -2.46. The van der Waals surface area contributed by atoms with Crippen LogP contribution >= 0.6 is 11.8 Å². The van der Waals surface area contributed by atoms with Crippen molar-refractivity contribution in [3.63, 3.8) is 0 Å². The second-order valence-corrected chi connectivity index (χ2v) is 7.30. The molecule has 0 spiro atoms. The van der Waals surface area contributed by atoms with Crippen LogP contribution in [0.3, 0.4) is 0 Å². The van der Waals surface area contributed by atoms with Gasteiger partial charge in [-0.2, -0.15) is 0 Å². The van der Waals surface area contributed by atoms with Crippen molar-refractivity contribution in [3.05, 3.63) is 0 Å². The molecule has 1 fully saturated rings. The van der Waals surface area contributed by atoms with E-state index < -0.39 is 0 Å². The highest BCUT2D eigenvalue weighted by Crippen LogP contribution is 2.31. The van der Waals surface area contributed by atoms with Crippen LogP contribution in [0.25, 0.3) is 0 Å². The maximum atomic E-state index is 4.73. The zero-order valence-electron chi connectivity index (χ0n) is 12.9. The van der Waals surface area contributed by atoms with Gasteiger partial charge in [-0.15, -0.1) is 0 Å². The van der Waals surface area contributed by atoms with E-state index in [9.17, 15) is 0 Å². The van der Waals surface area contributed by atoms with Crippen LogP contribution in [0.4, 0.5) is 0 Å². The first-order chi connectivity index (χ1) is 9.13. The van der Waals surface area contributed by atoms with E-state index >= 15 is 0 Å². The summed E-state index contributed by atoms with van der Waals surface area (Å²) < 4.78 is 0. The van der Waals surface area contributed by atoms with Crippen molar-refractivity contribution in [2.75, 3.05) is 20.1 Å². The van der Waals surface area contributed by atoms with Gasteiger partial charge in [0.05, 0.1) is 6.54 Å². The Bertz CT molecular complexity index is 315. The smallest absolute Gasteiger partial charge is 0.157 e. The SMILES string of the molecule is CCC(CC)C1CN=C(NC2CCN(C)C(C)C2)S1. The summed E-state index contributed by atoms with van der Waals surface area (Å²) in [7, 11) is 2.23. The topological polar surface area (TPSA) is 27.6 Å². The molecule has 0 aromatic rings. The number of likely N-dealkylation sites (tertiary alicyclic amines) is 1. The molecule has 2 rings (SSSR count). The standard InChI is InChI=1S/C15H29N3S/c1-5-12(6-2)14-10-16-15(19-14)17-13-7-8-18(4)11(3)9-13/h11-14H,5-10H2,1-4H3,(H,16,17). The van der Waals surface area contributed by atoms with Crippen molar-refractivity contribution in [1.82, 2.24) is 10.2 Å². The van der Waals surface area contributed by atoms with Gasteiger partial charge in [0.25, 0.3) is 0 Å². The number of rotatable bonds is 4. The molecule has 0 radical (unpaired) electrons. The van der Waals surface area contributed by atoms with Crippen LogP contribution in [-0.2, 0) is 0 Å². The first-order valence-corrected chi connectivity index (χ1v) is 8.69. The van der Waals surface area contributed by atoms with Gasteiger partial charge in [-0.3, -0.25) is 4.99 Å². The second-order valence-electron chi connectivity index (χ2n) is 6.07. The van der Waals surface area contributed by atoms with Crippen molar-refractivity contribution < 1.29 is 0 Å². The van der Waals surface area contributed by atoms with E-state index in [1.54, 1.807) is 0 Å². The van der Waals surface area contributed by atoms with E-state index in [2.05, 4.69) is 38.0 Å². The minimum absolute atomic E-state index is 0.623. The zero-order valence-corrected chi connectivity index (χ0v) is 13.7. The highest BCUT2D eigenvalue weighted by molar-refractivity contribution is 8.14. The molecule has 0 saturated carbocycles. The maximum Gasteiger partial charge on any atom is 0.157 e. The molecule has 0 aromatic heterocycles. The average molecular weight is 283 g/mol. The largest absolute Gasteiger partial charge is 0.362 e. The molecular formula is C15H29N3S. The van der Waals surface area contributed by atoms with Gasteiger partial charge in [0, 0.05) is 23.9 Å². The average Bonchev–Trinajstić information content (AvgIpc) is 2.84. The van der Waals surface area contributed by atoms with Gasteiger partial charge in [0.15, 0.2) is 5.17 Å². The molecule has 0 amide bonds. The molecular weight excluding hydrogens is 254 g/mol. The Labute approximate surface area is 122 Å². The Hall–Kier alpha value is -0.220. The number of aliphatic imine (C=N–C) groups is 1. The number of thioether (sulfide) groups is 1. The lowest BCUT2D eigenvalue weighted by molar-refractivity contribution is 0.177. The minimum Gasteiger partial charge on any atom is -0.362 e. The Morgan fingerprint density at radius 3 is 2.79 bits per heavy atom. The molecule has 3 unspecified atom stereocenters. The Balaban J connectivity index is 1.79. The Morgan fingerprint density at radius 2 is 2.16 bits per heavy atom. The molecule has 0 aromatic carbocycles. The molecule has 3 nitrogen and oxygen atoms in total. The van der Waals surface area contributed by atoms with Crippen molar-refractivity contribution in [1.29, 1.82) is 0 Å². The fraction of sp³-hybridized carbons (Fsp3) is 0.933. The van der Waals surface area contributed by atoms with Gasteiger partial charge in [-0.1, -0.05) is 38.5 Å². The molecule has 110 valence electrons. The minimum atomic E-state index is 0.623. The van der Waals surface area contributed by atoms with Gasteiger partial charge >= 0.3 is 0 Å². The molecule has 4 heteroatoms. The number of amidine groups is 1. The van der Waals surface area contributed by atoms with Crippen LogP contribution in [0.5, 0.6) is 0 Å². The maximum absolute atomic E-state index is 4.73. The third-order valence-electron chi connectivity index (χ3n) is 4.79. The summed E-state index contributed by atoms with van der Waals surface area (Å²) in [6, 6.07) is 1.31. The van der Waals surface area contributed by atoms with E-state index in [0.717, 1.165) is 12.5 Å². The molecule has 0 bridgehead atoms. The Morgan fingerprint density at radius 1 is 1.42 bits per heavy atom. The van der Waals surface area contributed by atoms with Crippen LogP contribution in [0.15, 0.2) is 4.99 Å². The summed E-state index contributed by atoms with van der Waals surface area (Å²) in [6.45, 7) is 9.15. The van der Waals surface area contributed by atoms with Crippen LogP contribution < -0.4 is 5.32 Å². The molecule has 2 aliphatic heterocycles. The van der Waals surface area contributed by atoms with E-state index in [0.29, 0.717) is 17.3 Å². The highest BCUT2D eigenvalue weighted by atomic mass is 32.2. The van der Waals surface area contributed by atoms with Crippen LogP contribution in [0.2, 0.25) is 0 Å². The van der Waals surface area contributed by atoms with Gasteiger partial charge in [0.1, 0.15) is 0 Å². The number of hydrogen-bond acceptors (Lipinski definition) is 4. The lowest BCUT2D eigenvalue weighted by atomic mass is 9.99. The summed E-state index contributed by atoms with van der Waals surface area (Å²) >= 11 is 1.99. The summed E-state index contributed by atoms with van der Waals surface area (Å²) in [5.74, 6) is 0.824. The molecule has 1 N–H and O–H groups in total. The highest BCUT2D eigenvalue weighted by Gasteiger charge is 2.29. The van der Waals surface area contributed by atoms with Crippen LogP contribution in [-0.4, -0.2) is 47.5 Å². The summed E-state index contributed by atoms with van der Waals surface area (Å²) in [6.07, 6.45) is 5.05. The summed E-state index contributed by atoms with van der Waals surface area (Å²) in [4.78, 5) is 7.18. The zero-order chi connectivity index (χ0) is 13.8. The van der Waals surface area contributed by atoms with Crippen molar-refractivity contribution in [3.8, 4) is 0 Å². The molecule has 3 atom stereocenters. The Kier molecular flexibility index (Phi) is 5.58. The normalized spacial score (nSPS) is 32.7. The van der Waals surface area contributed by atoms with Gasteiger partial charge in [-0.05, 0) is 32.7 Å².